The zero-order chi connectivity index (χ0) is 22.2. The first-order valence-electron chi connectivity index (χ1n) is 9.12. The summed E-state index contributed by atoms with van der Waals surface area (Å²) in [6.45, 7) is 0. The van der Waals surface area contributed by atoms with E-state index in [0.29, 0.717) is 5.39 Å². The molecular formula is C22H15N3O6. The van der Waals surface area contributed by atoms with Gasteiger partial charge in [0.25, 0.3) is 17.4 Å². The lowest BCUT2D eigenvalue weighted by molar-refractivity contribution is -0.161. The van der Waals surface area contributed by atoms with Crippen LogP contribution >= 0.6 is 0 Å². The van der Waals surface area contributed by atoms with Crippen molar-refractivity contribution in [2.24, 2.45) is 5.73 Å². The molecule has 31 heavy (non-hydrogen) atoms. The van der Waals surface area contributed by atoms with Crippen molar-refractivity contribution in [1.82, 2.24) is 10.2 Å². The molecule has 3 aromatic carbocycles. The Morgan fingerprint density at radius 3 is 2.23 bits per heavy atom. The third kappa shape index (κ3) is 3.08. The predicted octanol–water partition coefficient (Wildman–Crippen LogP) is 2.05. The number of nitrogens with two attached hydrogens (primary N) is 1. The number of carbonyl (C=O) groups is 5. The number of carbonyl (C=O) groups excluding carboxylic acids is 5. The van der Waals surface area contributed by atoms with Crippen molar-refractivity contribution in [3.8, 4) is 0 Å². The van der Waals surface area contributed by atoms with E-state index in [-0.39, 0.29) is 16.0 Å². The molecule has 1 saturated heterocycles. The molecule has 154 valence electrons. The lowest BCUT2D eigenvalue weighted by atomic mass is 9.89. The van der Waals surface area contributed by atoms with Crippen molar-refractivity contribution in [1.29, 1.82) is 0 Å². The molecule has 6 amide bonds. The van der Waals surface area contributed by atoms with Gasteiger partial charge in [0.15, 0.2) is 0 Å². The molecular weight excluding hydrogens is 402 g/mol. The van der Waals surface area contributed by atoms with Gasteiger partial charge < -0.3 is 10.5 Å². The molecule has 1 unspecified atom stereocenters. The zero-order valence-electron chi connectivity index (χ0n) is 15.9. The first-order chi connectivity index (χ1) is 14.9. The van der Waals surface area contributed by atoms with Crippen LogP contribution in [0.15, 0.2) is 72.8 Å². The van der Waals surface area contributed by atoms with Crippen LogP contribution in [0.2, 0.25) is 0 Å². The highest BCUT2D eigenvalue weighted by Crippen LogP contribution is 2.33. The van der Waals surface area contributed by atoms with Crippen molar-refractivity contribution in [3.63, 3.8) is 0 Å². The van der Waals surface area contributed by atoms with E-state index < -0.39 is 35.4 Å². The molecule has 4 rings (SSSR count). The minimum absolute atomic E-state index is 0.0325. The fourth-order valence-electron chi connectivity index (χ4n) is 3.46. The summed E-state index contributed by atoms with van der Waals surface area (Å²) in [6.07, 6.45) is 0. The quantitative estimate of drug-likeness (QED) is 0.494. The molecule has 1 aliphatic rings. The molecule has 3 N–H and O–H groups in total. The topological polar surface area (TPSA) is 136 Å². The molecule has 1 fully saturated rings. The number of hydrogen-bond acceptors (Lipinski definition) is 6. The van der Waals surface area contributed by atoms with E-state index in [2.05, 4.69) is 0 Å². The Balaban J connectivity index is 1.87. The highest BCUT2D eigenvalue weighted by molar-refractivity contribution is 6.28. The Hall–Kier alpha value is -4.53. The van der Waals surface area contributed by atoms with Crippen molar-refractivity contribution < 1.29 is 28.7 Å². The van der Waals surface area contributed by atoms with Gasteiger partial charge in [-0.3, -0.25) is 14.9 Å². The third-order valence-electron chi connectivity index (χ3n) is 4.90. The Morgan fingerprint density at radius 2 is 1.52 bits per heavy atom. The molecule has 0 spiro atoms. The van der Waals surface area contributed by atoms with Crippen LogP contribution in [0, 0.1) is 0 Å². The Morgan fingerprint density at radius 1 is 0.871 bits per heavy atom. The number of nitrogens with zero attached hydrogens (tertiary/aromatic N) is 1. The van der Waals surface area contributed by atoms with E-state index in [1.165, 1.54) is 30.3 Å². The van der Waals surface area contributed by atoms with Crippen molar-refractivity contribution in [2.45, 2.75) is 5.60 Å². The number of esters is 1. The zero-order valence-corrected chi connectivity index (χ0v) is 15.9. The van der Waals surface area contributed by atoms with Crippen molar-refractivity contribution in [3.05, 3.63) is 83.9 Å². The maximum absolute atomic E-state index is 13.2. The van der Waals surface area contributed by atoms with E-state index in [4.69, 9.17) is 10.5 Å². The fourth-order valence-corrected chi connectivity index (χ4v) is 3.46. The van der Waals surface area contributed by atoms with Gasteiger partial charge in [-0.25, -0.2) is 14.4 Å². The molecule has 0 aliphatic carbocycles. The van der Waals surface area contributed by atoms with Gasteiger partial charge in [0.2, 0.25) is 0 Å². The lowest BCUT2D eigenvalue weighted by Gasteiger charge is -2.37. The molecule has 1 heterocycles. The second-order valence-electron chi connectivity index (χ2n) is 6.70. The fraction of sp³-hybridized carbons (Fsp3) is 0.0455. The first-order valence-corrected chi connectivity index (χ1v) is 9.12. The second-order valence-corrected chi connectivity index (χ2v) is 6.70. The number of benzene rings is 3. The summed E-state index contributed by atoms with van der Waals surface area (Å²) in [5, 5.41) is 3.14. The molecule has 9 nitrogen and oxygen atoms in total. The van der Waals surface area contributed by atoms with Crippen molar-refractivity contribution in [2.75, 3.05) is 0 Å². The van der Waals surface area contributed by atoms with Crippen LogP contribution < -0.4 is 11.1 Å². The molecule has 0 radical (unpaired) electrons. The standard InChI is InChI=1S/C22H15N3O6/c23-20(29)25-19(28)22(18(27)24-21(25)30,14-9-2-1-3-10-14)31-17(26)16-12-6-8-13-7-4-5-11-15(13)16/h1-12H,(H2,23,29)(H,24,27,30). The lowest BCUT2D eigenvalue weighted by Crippen LogP contribution is -2.69. The van der Waals surface area contributed by atoms with Gasteiger partial charge in [0.05, 0.1) is 5.56 Å². The highest BCUT2D eigenvalue weighted by Gasteiger charge is 2.60. The average molecular weight is 417 g/mol. The number of primary amides is 1. The van der Waals surface area contributed by atoms with Crippen LogP contribution in [0.4, 0.5) is 9.59 Å². The summed E-state index contributed by atoms with van der Waals surface area (Å²) >= 11 is 0. The number of ether oxygens (including phenoxy) is 1. The van der Waals surface area contributed by atoms with E-state index >= 15 is 0 Å². The monoisotopic (exact) mass is 417 g/mol. The van der Waals surface area contributed by atoms with Crippen LogP contribution in [0.25, 0.3) is 10.8 Å². The smallest absolute Gasteiger partial charge is 0.340 e. The summed E-state index contributed by atoms with van der Waals surface area (Å²) in [6, 6.07) is 16.5. The van der Waals surface area contributed by atoms with Gasteiger partial charge in [0, 0.05) is 5.56 Å². The summed E-state index contributed by atoms with van der Waals surface area (Å²) in [5.41, 5.74) is 2.58. The second kappa shape index (κ2) is 7.38. The summed E-state index contributed by atoms with van der Waals surface area (Å²) in [5.74, 6) is -3.59. The van der Waals surface area contributed by atoms with Crippen LogP contribution in [0.1, 0.15) is 15.9 Å². The van der Waals surface area contributed by atoms with Gasteiger partial charge in [-0.1, -0.05) is 66.7 Å². The predicted molar refractivity (Wildman–Crippen MR) is 107 cm³/mol. The molecule has 1 aliphatic heterocycles. The molecule has 0 saturated carbocycles. The van der Waals surface area contributed by atoms with Crippen LogP contribution in [0.3, 0.4) is 0 Å². The number of barbiturate groups is 1. The third-order valence-corrected chi connectivity index (χ3v) is 4.90. The largest absolute Gasteiger partial charge is 0.430 e. The molecule has 0 aromatic heterocycles. The van der Waals surface area contributed by atoms with E-state index in [1.54, 1.807) is 42.5 Å². The van der Waals surface area contributed by atoms with Crippen molar-refractivity contribution >= 4 is 40.6 Å². The van der Waals surface area contributed by atoms with Gasteiger partial charge in [-0.05, 0) is 16.8 Å². The number of amides is 6. The average Bonchev–Trinajstić information content (AvgIpc) is 2.76. The summed E-state index contributed by atoms with van der Waals surface area (Å²) in [4.78, 5) is 63.1. The Bertz CT molecular complexity index is 1250. The summed E-state index contributed by atoms with van der Waals surface area (Å²) < 4.78 is 5.51. The molecule has 1 atom stereocenters. The maximum Gasteiger partial charge on any atom is 0.340 e. The Kier molecular flexibility index (Phi) is 4.70. The molecule has 3 aromatic rings. The van der Waals surface area contributed by atoms with Gasteiger partial charge in [-0.2, -0.15) is 4.90 Å². The van der Waals surface area contributed by atoms with Gasteiger partial charge in [0.1, 0.15) is 0 Å². The highest BCUT2D eigenvalue weighted by atomic mass is 16.6. The van der Waals surface area contributed by atoms with E-state index in [9.17, 15) is 24.0 Å². The first kappa shape index (κ1) is 19.8. The minimum Gasteiger partial charge on any atom is -0.430 e. The number of imide groups is 4. The minimum atomic E-state index is -2.63. The SMILES string of the molecule is NC(=O)N1C(=O)NC(=O)C(OC(=O)c2cccc3ccccc23)(c2ccccc2)C1=O. The number of urea groups is 2. The molecule has 0 bridgehead atoms. The summed E-state index contributed by atoms with van der Waals surface area (Å²) in [7, 11) is 0. The molecule has 9 heteroatoms. The maximum atomic E-state index is 13.2. The van der Waals surface area contributed by atoms with Crippen LogP contribution in [0.5, 0.6) is 0 Å². The normalized spacial score (nSPS) is 18.6. The van der Waals surface area contributed by atoms with Crippen LogP contribution in [-0.2, 0) is 19.9 Å². The number of fused-ring (bicyclic) bond motifs is 1. The number of nitrogens with one attached hydrogen (secondary N) is 1. The van der Waals surface area contributed by atoms with Gasteiger partial charge >= 0.3 is 18.0 Å². The van der Waals surface area contributed by atoms with Crippen LogP contribution in [-0.4, -0.2) is 34.7 Å². The Labute approximate surface area is 175 Å². The number of rotatable bonds is 3. The van der Waals surface area contributed by atoms with E-state index in [1.807, 2.05) is 5.32 Å². The van der Waals surface area contributed by atoms with Gasteiger partial charge in [-0.15, -0.1) is 0 Å². The number of hydrogen-bond donors (Lipinski definition) is 2. The van der Waals surface area contributed by atoms with E-state index in [0.717, 1.165) is 5.39 Å².